The first-order chi connectivity index (χ1) is 22.1. The minimum Gasteiger partial charge on any atom is -0.453 e. The average molecular weight is 650 g/mol. The summed E-state index contributed by atoms with van der Waals surface area (Å²) in [5.74, 6) is 10.7. The fraction of sp³-hybridized carbons (Fsp3) is 0.250. The van der Waals surface area contributed by atoms with Crippen molar-refractivity contribution in [1.29, 1.82) is 0 Å². The molecule has 244 valence electrons. The van der Waals surface area contributed by atoms with Gasteiger partial charge in [0.05, 0.1) is 24.5 Å². The van der Waals surface area contributed by atoms with E-state index < -0.39 is 18.0 Å². The smallest absolute Gasteiger partial charge is 0.411 e. The molecule has 46 heavy (non-hydrogen) atoms. The van der Waals surface area contributed by atoms with Crippen LogP contribution in [0.2, 0.25) is 0 Å². The largest absolute Gasteiger partial charge is 0.453 e. The summed E-state index contributed by atoms with van der Waals surface area (Å²) in [4.78, 5) is 37.9. The summed E-state index contributed by atoms with van der Waals surface area (Å²) in [5.41, 5.74) is 17.1. The van der Waals surface area contributed by atoms with Crippen molar-refractivity contribution in [2.45, 2.75) is 38.6 Å². The van der Waals surface area contributed by atoms with Gasteiger partial charge in [0.2, 0.25) is 11.8 Å². The molecule has 1 atom stereocenters. The van der Waals surface area contributed by atoms with Gasteiger partial charge in [0, 0.05) is 41.4 Å². The van der Waals surface area contributed by atoms with Crippen molar-refractivity contribution in [3.05, 3.63) is 88.1 Å². The first-order valence-corrected chi connectivity index (χ1v) is 14.9. The molecule has 0 bridgehead atoms. The highest BCUT2D eigenvalue weighted by Gasteiger charge is 2.20. The Kier molecular flexibility index (Phi) is 13.4. The van der Waals surface area contributed by atoms with Crippen LogP contribution >= 0.6 is 11.6 Å². The second kappa shape index (κ2) is 17.4. The number of allylic oxidation sites excluding steroid dienone is 1. The maximum Gasteiger partial charge on any atom is 0.411 e. The number of nitrogens with zero attached hydrogens (tertiary/aromatic N) is 2. The molecule has 2 aromatic carbocycles. The maximum atomic E-state index is 13.3. The zero-order valence-corrected chi connectivity index (χ0v) is 26.5. The predicted octanol–water partition coefficient (Wildman–Crippen LogP) is 3.64. The third kappa shape index (κ3) is 9.95. The van der Waals surface area contributed by atoms with Crippen molar-refractivity contribution in [3.8, 4) is 0 Å². The summed E-state index contributed by atoms with van der Waals surface area (Å²) in [6, 6.07) is 9.96. The zero-order chi connectivity index (χ0) is 33.6. The molecule has 14 heteroatoms. The normalized spacial score (nSPS) is 18.6. The molecule has 3 rings (SSSR count). The number of fused-ring (bicyclic) bond motifs is 1. The van der Waals surface area contributed by atoms with Crippen LogP contribution in [0.1, 0.15) is 42.9 Å². The molecular weight excluding hydrogens is 610 g/mol. The van der Waals surface area contributed by atoms with Crippen molar-refractivity contribution < 1.29 is 19.1 Å². The van der Waals surface area contributed by atoms with Crippen LogP contribution < -0.4 is 44.1 Å². The van der Waals surface area contributed by atoms with Gasteiger partial charge >= 0.3 is 6.09 Å². The number of hydrazine groups is 1. The van der Waals surface area contributed by atoms with Crippen LogP contribution in [0.4, 0.5) is 21.9 Å². The molecule has 2 aromatic rings. The molecule has 1 aliphatic heterocycles. The fourth-order valence-corrected chi connectivity index (χ4v) is 4.88. The molecule has 0 aliphatic carbocycles. The number of ether oxygens (including phenoxy) is 1. The van der Waals surface area contributed by atoms with E-state index in [9.17, 15) is 14.4 Å². The number of methoxy groups -OCH3 is 1. The van der Waals surface area contributed by atoms with Gasteiger partial charge in [0.1, 0.15) is 11.5 Å². The topological polar surface area (TPSA) is 216 Å². The summed E-state index contributed by atoms with van der Waals surface area (Å²) in [6.07, 6.45) is 10.8. The maximum absolute atomic E-state index is 13.3. The number of carbonyl (C=O) groups excluding carboxylic acids is 3. The molecule has 0 radical (unpaired) electrons. The molecule has 1 aliphatic rings. The van der Waals surface area contributed by atoms with Crippen LogP contribution in [0.25, 0.3) is 11.6 Å². The van der Waals surface area contributed by atoms with E-state index >= 15 is 0 Å². The van der Waals surface area contributed by atoms with Gasteiger partial charge in [0.25, 0.3) is 0 Å². The number of nitrogens with one attached hydrogen (secondary N) is 3. The molecule has 0 fully saturated rings. The highest BCUT2D eigenvalue weighted by atomic mass is 35.5. The van der Waals surface area contributed by atoms with Crippen LogP contribution in [-0.4, -0.2) is 43.9 Å². The molecule has 13 nitrogen and oxygen atoms in total. The quantitative estimate of drug-likeness (QED) is 0.0422. The minimum atomic E-state index is -0.664. The van der Waals surface area contributed by atoms with Crippen LogP contribution in [-0.2, 0) is 20.7 Å². The van der Waals surface area contributed by atoms with Gasteiger partial charge in [0.15, 0.2) is 0 Å². The third-order valence-corrected chi connectivity index (χ3v) is 7.27. The molecule has 0 aromatic heterocycles. The third-order valence-electron chi connectivity index (χ3n) is 7.05. The average Bonchev–Trinajstić information content (AvgIpc) is 3.04. The Morgan fingerprint density at radius 2 is 2.00 bits per heavy atom. The van der Waals surface area contributed by atoms with E-state index in [1.54, 1.807) is 30.4 Å². The predicted molar refractivity (Wildman–Crippen MR) is 184 cm³/mol. The van der Waals surface area contributed by atoms with Crippen LogP contribution in [0.3, 0.4) is 0 Å². The standard InChI is InChI=1S/C32H40ClN9O4/c1-3-20-9-13-28(42(37)19-38-36)21(15-20)10-14-30(44)40-26-7-5-4-6-8-29(43)41-27-17-23(39-32(45)46-2)11-12-24(27)22(18-34)16-25(26)31(33)35/h4-5,9-17,19,26H,3,6-8,18,34-37H2,1-2H3,(H,39,45)(H,40,44)(H,41,43)/b5-4+,14-10+,22-16+,31-25+,38-19-. The molecule has 0 spiro atoms. The lowest BCUT2D eigenvalue weighted by atomic mass is 9.96. The van der Waals surface area contributed by atoms with Crippen molar-refractivity contribution in [3.63, 3.8) is 0 Å². The van der Waals surface area contributed by atoms with Gasteiger partial charge in [-0.25, -0.2) is 10.6 Å². The lowest BCUT2D eigenvalue weighted by Crippen LogP contribution is -2.35. The number of hydrogen-bond donors (Lipinski definition) is 7. The Hall–Kier alpha value is -5.11. The van der Waals surface area contributed by atoms with Crippen LogP contribution in [0.15, 0.2) is 76.5 Å². The number of halogens is 1. The van der Waals surface area contributed by atoms with Gasteiger partial charge < -0.3 is 32.7 Å². The summed E-state index contributed by atoms with van der Waals surface area (Å²) in [6.45, 7) is 2.06. The number of nitrogens with two attached hydrogens (primary N) is 4. The summed E-state index contributed by atoms with van der Waals surface area (Å²) < 4.78 is 4.68. The monoisotopic (exact) mass is 649 g/mol. The Balaban J connectivity index is 2.02. The second-order valence-corrected chi connectivity index (χ2v) is 10.6. The van der Waals surface area contributed by atoms with Crippen LogP contribution in [0, 0.1) is 0 Å². The first kappa shape index (κ1) is 35.4. The molecule has 1 unspecified atom stereocenters. The van der Waals surface area contributed by atoms with E-state index in [1.165, 1.54) is 24.5 Å². The minimum absolute atomic E-state index is 0.0367. The van der Waals surface area contributed by atoms with E-state index in [-0.39, 0.29) is 24.0 Å². The van der Waals surface area contributed by atoms with Gasteiger partial charge in [-0.3, -0.25) is 19.9 Å². The van der Waals surface area contributed by atoms with E-state index in [1.807, 2.05) is 37.3 Å². The van der Waals surface area contributed by atoms with Crippen molar-refractivity contribution in [2.24, 2.45) is 28.3 Å². The number of anilines is 3. The van der Waals surface area contributed by atoms with Gasteiger partial charge in [-0.05, 0) is 66.8 Å². The van der Waals surface area contributed by atoms with Crippen LogP contribution in [0.5, 0.6) is 0 Å². The van der Waals surface area contributed by atoms with E-state index in [4.69, 9.17) is 34.8 Å². The molecule has 3 amide bonds. The van der Waals surface area contributed by atoms with Crippen molar-refractivity contribution in [1.82, 2.24) is 5.32 Å². The first-order valence-electron chi connectivity index (χ1n) is 14.5. The Bertz CT molecular complexity index is 1580. The number of rotatable bonds is 8. The molecule has 1 heterocycles. The fourth-order valence-electron chi connectivity index (χ4n) is 4.70. The number of carbonyl (C=O) groups is 3. The van der Waals surface area contributed by atoms with E-state index in [0.29, 0.717) is 52.2 Å². The summed E-state index contributed by atoms with van der Waals surface area (Å²) >= 11 is 6.43. The summed E-state index contributed by atoms with van der Waals surface area (Å²) in [5, 5.41) is 13.2. The Labute approximate surface area is 273 Å². The highest BCUT2D eigenvalue weighted by Crippen LogP contribution is 2.30. The summed E-state index contributed by atoms with van der Waals surface area (Å²) in [7, 11) is 1.25. The molecule has 0 saturated carbocycles. The number of hydrogen-bond acceptors (Lipinski definition) is 9. The Morgan fingerprint density at radius 3 is 2.67 bits per heavy atom. The van der Waals surface area contributed by atoms with Crippen molar-refractivity contribution in [2.75, 3.05) is 29.3 Å². The molecule has 11 N–H and O–H groups in total. The van der Waals surface area contributed by atoms with Gasteiger partial charge in [-0.15, -0.1) is 0 Å². The molecular formula is C32H40ClN9O4. The SMILES string of the molecule is CCc1ccc(N(N)/C=N\N)c(/C=C/C(=O)NC2C/C=C/CCC(=O)Nc3cc(NC(=O)OC)ccc3/C(CN)=C/C2=C(\N)Cl)c1. The van der Waals surface area contributed by atoms with E-state index in [0.717, 1.165) is 12.0 Å². The van der Waals surface area contributed by atoms with Crippen molar-refractivity contribution >= 4 is 64.6 Å². The second-order valence-electron chi connectivity index (χ2n) is 10.2. The Morgan fingerprint density at radius 1 is 1.22 bits per heavy atom. The number of hydrazone groups is 1. The number of amides is 3. The molecule has 0 saturated heterocycles. The van der Waals surface area contributed by atoms with E-state index in [2.05, 4.69) is 25.8 Å². The van der Waals surface area contributed by atoms with Gasteiger partial charge in [-0.2, -0.15) is 5.10 Å². The lowest BCUT2D eigenvalue weighted by Gasteiger charge is -2.21. The number of aryl methyl sites for hydroxylation is 1. The van der Waals surface area contributed by atoms with Gasteiger partial charge in [-0.1, -0.05) is 42.8 Å². The number of benzene rings is 2. The highest BCUT2D eigenvalue weighted by molar-refractivity contribution is 6.29. The zero-order valence-electron chi connectivity index (χ0n) is 25.8. The lowest BCUT2D eigenvalue weighted by molar-refractivity contribution is -0.117.